The molecule has 0 saturated carbocycles. The van der Waals surface area contributed by atoms with Gasteiger partial charge in [-0.2, -0.15) is 0 Å². The zero-order valence-electron chi connectivity index (χ0n) is 12.1. The molecule has 0 saturated heterocycles. The van der Waals surface area contributed by atoms with Gasteiger partial charge in [0.25, 0.3) is 0 Å². The molecular weight excluding hydrogens is 346 g/mol. The van der Waals surface area contributed by atoms with Gasteiger partial charge in [0, 0.05) is 18.0 Å². The zero-order chi connectivity index (χ0) is 15.7. The van der Waals surface area contributed by atoms with Crippen LogP contribution in [0.2, 0.25) is 0 Å². The lowest BCUT2D eigenvalue weighted by atomic mass is 10.1. The van der Waals surface area contributed by atoms with E-state index in [9.17, 15) is 4.79 Å². The Labute approximate surface area is 136 Å². The standard InChI is InChI=1S/C17H14BrNO3/c1-19-15-11-5-3-4-6-13(11)22-17(15)16(20)10-7-8-14(21-2)12(18)9-10/h3-9,19H,1-2H3. The SMILES string of the molecule is CNc1c(C(=O)c2ccc(OC)c(Br)c2)oc2ccccc12. The molecule has 3 rings (SSSR count). The maximum Gasteiger partial charge on any atom is 0.230 e. The minimum Gasteiger partial charge on any atom is -0.496 e. The number of hydrogen-bond donors (Lipinski definition) is 1. The minimum atomic E-state index is -0.177. The van der Waals surface area contributed by atoms with E-state index in [0.29, 0.717) is 28.3 Å². The van der Waals surface area contributed by atoms with Crippen LogP contribution in [-0.2, 0) is 0 Å². The summed E-state index contributed by atoms with van der Waals surface area (Å²) in [6.45, 7) is 0. The molecule has 112 valence electrons. The molecular formula is C17H14BrNO3. The van der Waals surface area contributed by atoms with Crippen molar-refractivity contribution in [1.29, 1.82) is 0 Å². The lowest BCUT2D eigenvalue weighted by molar-refractivity contribution is 0.101. The van der Waals surface area contributed by atoms with E-state index in [2.05, 4.69) is 21.2 Å². The van der Waals surface area contributed by atoms with Crippen LogP contribution in [0.15, 0.2) is 51.4 Å². The first-order valence-corrected chi connectivity index (χ1v) is 7.52. The third-order valence-electron chi connectivity index (χ3n) is 3.47. The van der Waals surface area contributed by atoms with Gasteiger partial charge in [-0.3, -0.25) is 4.79 Å². The van der Waals surface area contributed by atoms with Crippen molar-refractivity contribution in [2.45, 2.75) is 0 Å². The summed E-state index contributed by atoms with van der Waals surface area (Å²) in [6.07, 6.45) is 0. The highest BCUT2D eigenvalue weighted by atomic mass is 79.9. The fraction of sp³-hybridized carbons (Fsp3) is 0.118. The quantitative estimate of drug-likeness (QED) is 0.698. The first-order chi connectivity index (χ1) is 10.7. The summed E-state index contributed by atoms with van der Waals surface area (Å²) in [7, 11) is 3.36. The molecule has 0 aliphatic rings. The molecule has 0 atom stereocenters. The van der Waals surface area contributed by atoms with Gasteiger partial charge in [0.1, 0.15) is 11.3 Å². The first kappa shape index (κ1) is 14.7. The number of nitrogens with one attached hydrogen (secondary N) is 1. The van der Waals surface area contributed by atoms with Crippen LogP contribution in [0.1, 0.15) is 16.1 Å². The van der Waals surface area contributed by atoms with Crippen LogP contribution in [0.3, 0.4) is 0 Å². The number of furan rings is 1. The minimum absolute atomic E-state index is 0.177. The fourth-order valence-electron chi connectivity index (χ4n) is 2.39. The Morgan fingerprint density at radius 2 is 2.00 bits per heavy atom. The van der Waals surface area contributed by atoms with Crippen LogP contribution < -0.4 is 10.1 Å². The molecule has 3 aromatic rings. The molecule has 0 bridgehead atoms. The van der Waals surface area contributed by atoms with Crippen molar-refractivity contribution < 1.29 is 13.9 Å². The normalized spacial score (nSPS) is 10.7. The van der Waals surface area contributed by atoms with Crippen molar-refractivity contribution in [1.82, 2.24) is 0 Å². The van der Waals surface area contributed by atoms with Crippen LogP contribution in [0.5, 0.6) is 5.75 Å². The Kier molecular flexibility index (Phi) is 3.90. The average Bonchev–Trinajstić information content (AvgIpc) is 2.92. The first-order valence-electron chi connectivity index (χ1n) is 6.73. The van der Waals surface area contributed by atoms with Crippen molar-refractivity contribution in [3.05, 3.63) is 58.3 Å². The number of carbonyl (C=O) groups excluding carboxylic acids is 1. The summed E-state index contributed by atoms with van der Waals surface area (Å²) in [5.74, 6) is 0.805. The number of rotatable bonds is 4. The van der Waals surface area contributed by atoms with Crippen LogP contribution >= 0.6 is 15.9 Å². The molecule has 1 N–H and O–H groups in total. The molecule has 4 nitrogen and oxygen atoms in total. The van der Waals surface area contributed by atoms with Crippen LogP contribution in [0.4, 0.5) is 5.69 Å². The zero-order valence-corrected chi connectivity index (χ0v) is 13.7. The Hall–Kier alpha value is -2.27. The second kappa shape index (κ2) is 5.85. The van der Waals surface area contributed by atoms with E-state index in [1.54, 1.807) is 32.4 Å². The number of halogens is 1. The second-order valence-electron chi connectivity index (χ2n) is 4.73. The van der Waals surface area contributed by atoms with Gasteiger partial charge in [-0.15, -0.1) is 0 Å². The predicted molar refractivity (Wildman–Crippen MR) is 89.9 cm³/mol. The van der Waals surface area contributed by atoms with Crippen molar-refractivity contribution in [2.75, 3.05) is 19.5 Å². The van der Waals surface area contributed by atoms with E-state index in [-0.39, 0.29) is 5.78 Å². The van der Waals surface area contributed by atoms with E-state index < -0.39 is 0 Å². The third-order valence-corrected chi connectivity index (χ3v) is 4.09. The maximum absolute atomic E-state index is 12.8. The van der Waals surface area contributed by atoms with E-state index in [1.165, 1.54) is 0 Å². The Morgan fingerprint density at radius 3 is 2.68 bits per heavy atom. The molecule has 0 amide bonds. The monoisotopic (exact) mass is 359 g/mol. The summed E-state index contributed by atoms with van der Waals surface area (Å²) in [6, 6.07) is 12.8. The number of anilines is 1. The average molecular weight is 360 g/mol. The highest BCUT2D eigenvalue weighted by molar-refractivity contribution is 9.10. The molecule has 0 aliphatic carbocycles. The third kappa shape index (κ3) is 2.37. The Morgan fingerprint density at radius 1 is 1.23 bits per heavy atom. The number of benzene rings is 2. The number of fused-ring (bicyclic) bond motifs is 1. The number of ketones is 1. The van der Waals surface area contributed by atoms with Gasteiger partial charge in [0.05, 0.1) is 17.3 Å². The molecule has 22 heavy (non-hydrogen) atoms. The van der Waals surface area contributed by atoms with E-state index in [0.717, 1.165) is 9.86 Å². The van der Waals surface area contributed by atoms with Crippen molar-refractivity contribution in [3.63, 3.8) is 0 Å². The molecule has 2 aromatic carbocycles. The van der Waals surface area contributed by atoms with Gasteiger partial charge in [-0.25, -0.2) is 0 Å². The smallest absolute Gasteiger partial charge is 0.230 e. The number of methoxy groups -OCH3 is 1. The summed E-state index contributed by atoms with van der Waals surface area (Å²) in [5, 5.41) is 3.95. The van der Waals surface area contributed by atoms with Gasteiger partial charge in [-0.1, -0.05) is 12.1 Å². The van der Waals surface area contributed by atoms with Crippen molar-refractivity contribution in [3.8, 4) is 5.75 Å². The molecule has 1 heterocycles. The number of carbonyl (C=O) groups is 1. The highest BCUT2D eigenvalue weighted by Crippen LogP contribution is 2.33. The second-order valence-corrected chi connectivity index (χ2v) is 5.59. The summed E-state index contributed by atoms with van der Waals surface area (Å²) in [4.78, 5) is 12.8. The largest absolute Gasteiger partial charge is 0.496 e. The van der Waals surface area contributed by atoms with Crippen LogP contribution in [0, 0.1) is 0 Å². The highest BCUT2D eigenvalue weighted by Gasteiger charge is 2.21. The van der Waals surface area contributed by atoms with Gasteiger partial charge in [0.15, 0.2) is 5.76 Å². The number of ether oxygens (including phenoxy) is 1. The van der Waals surface area contributed by atoms with E-state index >= 15 is 0 Å². The van der Waals surface area contributed by atoms with E-state index in [1.807, 2.05) is 24.3 Å². The van der Waals surface area contributed by atoms with Crippen LogP contribution in [-0.4, -0.2) is 19.9 Å². The molecule has 1 aromatic heterocycles. The molecule has 5 heteroatoms. The summed E-state index contributed by atoms with van der Waals surface area (Å²) >= 11 is 3.39. The predicted octanol–water partition coefficient (Wildman–Crippen LogP) is 4.48. The fourth-order valence-corrected chi connectivity index (χ4v) is 2.93. The number of hydrogen-bond acceptors (Lipinski definition) is 4. The summed E-state index contributed by atoms with van der Waals surface area (Å²) < 4.78 is 11.7. The van der Waals surface area contributed by atoms with Crippen molar-refractivity contribution in [2.24, 2.45) is 0 Å². The molecule has 0 spiro atoms. The lowest BCUT2D eigenvalue weighted by Gasteiger charge is -2.06. The summed E-state index contributed by atoms with van der Waals surface area (Å²) in [5.41, 5.74) is 1.92. The molecule has 0 aliphatic heterocycles. The van der Waals surface area contributed by atoms with Crippen LogP contribution in [0.25, 0.3) is 11.0 Å². The van der Waals surface area contributed by atoms with Crippen molar-refractivity contribution >= 4 is 38.4 Å². The van der Waals surface area contributed by atoms with E-state index in [4.69, 9.17) is 9.15 Å². The van der Waals surface area contributed by atoms with Gasteiger partial charge in [-0.05, 0) is 46.3 Å². The van der Waals surface area contributed by atoms with Gasteiger partial charge < -0.3 is 14.5 Å². The Bertz CT molecular complexity index is 854. The molecule has 0 radical (unpaired) electrons. The molecule has 0 fully saturated rings. The maximum atomic E-state index is 12.8. The topological polar surface area (TPSA) is 51.5 Å². The van der Waals surface area contributed by atoms with Gasteiger partial charge in [0.2, 0.25) is 5.78 Å². The van der Waals surface area contributed by atoms with Gasteiger partial charge >= 0.3 is 0 Å². The molecule has 0 unspecified atom stereocenters. The lowest BCUT2D eigenvalue weighted by Crippen LogP contribution is -2.03. The Balaban J connectivity index is 2.10. The number of para-hydroxylation sites is 1.